The molecule has 0 unspecified atom stereocenters. The fourth-order valence-corrected chi connectivity index (χ4v) is 2.80. The van der Waals surface area contributed by atoms with E-state index in [-0.39, 0.29) is 23.9 Å². The van der Waals surface area contributed by atoms with E-state index in [2.05, 4.69) is 12.1 Å². The van der Waals surface area contributed by atoms with Crippen LogP contribution in [0.1, 0.15) is 17.5 Å². The maximum Gasteiger partial charge on any atom is 0.331 e. The topological polar surface area (TPSA) is 120 Å². The van der Waals surface area contributed by atoms with Crippen molar-refractivity contribution in [3.8, 4) is 17.2 Å². The molecule has 0 atom stereocenters. The van der Waals surface area contributed by atoms with E-state index >= 15 is 0 Å². The fourth-order valence-electron chi connectivity index (χ4n) is 2.80. The maximum absolute atomic E-state index is 12.0. The lowest BCUT2D eigenvalue weighted by Crippen LogP contribution is -2.28. The Morgan fingerprint density at radius 1 is 1.13 bits per heavy atom. The van der Waals surface area contributed by atoms with Crippen molar-refractivity contribution in [1.29, 1.82) is 0 Å². The van der Waals surface area contributed by atoms with Crippen LogP contribution >= 0.6 is 0 Å². The molecule has 0 bridgehead atoms. The van der Waals surface area contributed by atoms with Gasteiger partial charge in [0.25, 0.3) is 0 Å². The summed E-state index contributed by atoms with van der Waals surface area (Å²) in [6, 6.07) is 13.3. The van der Waals surface area contributed by atoms with E-state index in [1.165, 1.54) is 36.9 Å². The van der Waals surface area contributed by atoms with Crippen molar-refractivity contribution in [2.45, 2.75) is 12.8 Å². The average molecular weight is 428 g/mol. The summed E-state index contributed by atoms with van der Waals surface area (Å²) in [4.78, 5) is 12.0. The van der Waals surface area contributed by atoms with E-state index in [0.29, 0.717) is 17.8 Å². The number of carbonyl (C=O) groups is 1. The zero-order valence-corrected chi connectivity index (χ0v) is 17.8. The monoisotopic (exact) mass is 427 g/mol. The van der Waals surface area contributed by atoms with Crippen molar-refractivity contribution in [1.82, 2.24) is 5.01 Å². The molecule has 2 aromatic rings. The SMILES string of the molecule is COc1cc(/C=C/C(=O)OC/C(N)=C/N(N)CCCc2ccccc2)cc(OC)c1O. The number of phenols is 1. The Morgan fingerprint density at radius 3 is 2.39 bits per heavy atom. The second kappa shape index (κ2) is 12.1. The Bertz CT molecular complexity index is 888. The van der Waals surface area contributed by atoms with Crippen LogP contribution in [0.3, 0.4) is 0 Å². The number of nitrogens with two attached hydrogens (primary N) is 2. The summed E-state index contributed by atoms with van der Waals surface area (Å²) >= 11 is 0. The van der Waals surface area contributed by atoms with Crippen molar-refractivity contribution in [2.24, 2.45) is 11.6 Å². The predicted octanol–water partition coefficient (Wildman–Crippen LogP) is 2.57. The maximum atomic E-state index is 12.0. The number of carbonyl (C=O) groups excluding carboxylic acids is 1. The summed E-state index contributed by atoms with van der Waals surface area (Å²) in [7, 11) is 2.85. The number of ether oxygens (including phenoxy) is 3. The van der Waals surface area contributed by atoms with E-state index in [1.54, 1.807) is 18.3 Å². The highest BCUT2D eigenvalue weighted by molar-refractivity contribution is 5.87. The lowest BCUT2D eigenvalue weighted by atomic mass is 10.1. The second-order valence-electron chi connectivity index (χ2n) is 6.75. The van der Waals surface area contributed by atoms with Gasteiger partial charge in [-0.1, -0.05) is 30.3 Å². The standard InChI is InChI=1S/C23H29N3O5/c1-29-20-13-18(14-21(30-2)23(20)28)10-11-22(27)31-16-19(24)15-26(25)12-6-9-17-7-4-3-5-8-17/h3-5,7-8,10-11,13-15,28H,6,9,12,16,24-25H2,1-2H3/b11-10+,19-15-. The van der Waals surface area contributed by atoms with Crippen LogP contribution in [0.25, 0.3) is 6.08 Å². The molecule has 0 saturated carbocycles. The number of hydrogen-bond donors (Lipinski definition) is 3. The third-order valence-corrected chi connectivity index (χ3v) is 4.35. The number of rotatable bonds is 11. The lowest BCUT2D eigenvalue weighted by molar-refractivity contribution is -0.136. The molecular formula is C23H29N3O5. The van der Waals surface area contributed by atoms with Crippen molar-refractivity contribution >= 4 is 12.0 Å². The molecule has 0 radical (unpaired) electrons. The van der Waals surface area contributed by atoms with Crippen LogP contribution in [0.15, 0.2) is 60.4 Å². The summed E-state index contributed by atoms with van der Waals surface area (Å²) in [5.41, 5.74) is 8.06. The Kier molecular flexibility index (Phi) is 9.25. The molecule has 2 rings (SSSR count). The molecular weight excluding hydrogens is 398 g/mol. The summed E-state index contributed by atoms with van der Waals surface area (Å²) in [5, 5.41) is 11.4. The summed E-state index contributed by atoms with van der Waals surface area (Å²) < 4.78 is 15.3. The molecule has 0 aliphatic rings. The Balaban J connectivity index is 1.80. The third kappa shape index (κ3) is 7.94. The van der Waals surface area contributed by atoms with Gasteiger partial charge in [-0.15, -0.1) is 0 Å². The van der Waals surface area contributed by atoms with Gasteiger partial charge in [-0.25, -0.2) is 10.6 Å². The van der Waals surface area contributed by atoms with E-state index in [0.717, 1.165) is 12.8 Å². The van der Waals surface area contributed by atoms with Gasteiger partial charge in [0.2, 0.25) is 5.75 Å². The number of phenolic OH excluding ortho intramolecular Hbond substituents is 1. The Labute approximate surface area is 182 Å². The molecule has 0 aromatic heterocycles. The molecule has 8 heteroatoms. The van der Waals surface area contributed by atoms with Crippen molar-refractivity contribution in [3.05, 3.63) is 71.6 Å². The summed E-state index contributed by atoms with van der Waals surface area (Å²) in [5.74, 6) is 5.70. The van der Waals surface area contributed by atoms with E-state index < -0.39 is 5.97 Å². The van der Waals surface area contributed by atoms with Crippen LogP contribution in [-0.4, -0.2) is 43.5 Å². The third-order valence-electron chi connectivity index (χ3n) is 4.35. The van der Waals surface area contributed by atoms with Crippen LogP contribution in [0.5, 0.6) is 17.2 Å². The number of methoxy groups -OCH3 is 2. The molecule has 31 heavy (non-hydrogen) atoms. The second-order valence-corrected chi connectivity index (χ2v) is 6.75. The fraction of sp³-hybridized carbons (Fsp3) is 0.261. The van der Waals surface area contributed by atoms with Gasteiger partial charge in [-0.3, -0.25) is 0 Å². The first kappa shape index (κ1) is 23.6. The molecule has 0 fully saturated rings. The minimum absolute atomic E-state index is 0.0855. The molecule has 0 saturated heterocycles. The van der Waals surface area contributed by atoms with E-state index in [1.807, 2.05) is 18.2 Å². The van der Waals surface area contributed by atoms with Crippen LogP contribution in [-0.2, 0) is 16.0 Å². The first-order valence-corrected chi connectivity index (χ1v) is 9.74. The molecule has 166 valence electrons. The zero-order chi connectivity index (χ0) is 22.6. The normalized spacial score (nSPS) is 11.4. The summed E-state index contributed by atoms with van der Waals surface area (Å²) in [6.07, 6.45) is 6.10. The quantitative estimate of drug-likeness (QED) is 0.217. The number of aromatic hydroxyl groups is 1. The minimum Gasteiger partial charge on any atom is -0.502 e. The van der Waals surface area contributed by atoms with Gasteiger partial charge in [-0.05, 0) is 42.2 Å². The number of benzene rings is 2. The van der Waals surface area contributed by atoms with Gasteiger partial charge in [0, 0.05) is 18.8 Å². The van der Waals surface area contributed by atoms with Gasteiger partial charge < -0.3 is 30.1 Å². The average Bonchev–Trinajstić information content (AvgIpc) is 2.77. The van der Waals surface area contributed by atoms with Gasteiger partial charge in [-0.2, -0.15) is 0 Å². The highest BCUT2D eigenvalue weighted by Gasteiger charge is 2.10. The molecule has 0 aliphatic carbocycles. The van der Waals surface area contributed by atoms with E-state index in [4.69, 9.17) is 25.8 Å². The molecule has 0 amide bonds. The van der Waals surface area contributed by atoms with Gasteiger partial charge in [0.05, 0.1) is 19.9 Å². The van der Waals surface area contributed by atoms with Crippen LogP contribution < -0.4 is 21.1 Å². The largest absolute Gasteiger partial charge is 0.502 e. The van der Waals surface area contributed by atoms with Crippen LogP contribution in [0.4, 0.5) is 0 Å². The van der Waals surface area contributed by atoms with Gasteiger partial charge >= 0.3 is 5.97 Å². The smallest absolute Gasteiger partial charge is 0.331 e. The Morgan fingerprint density at radius 2 is 1.77 bits per heavy atom. The number of hydrogen-bond acceptors (Lipinski definition) is 8. The number of aryl methyl sites for hydroxylation is 1. The first-order valence-electron chi connectivity index (χ1n) is 9.74. The van der Waals surface area contributed by atoms with Gasteiger partial charge in [0.1, 0.15) is 6.61 Å². The molecule has 8 nitrogen and oxygen atoms in total. The van der Waals surface area contributed by atoms with Crippen molar-refractivity contribution < 1.29 is 24.1 Å². The first-order chi connectivity index (χ1) is 14.9. The number of esters is 1. The van der Waals surface area contributed by atoms with Crippen LogP contribution in [0, 0.1) is 0 Å². The number of hydrazine groups is 1. The predicted molar refractivity (Wildman–Crippen MR) is 119 cm³/mol. The molecule has 5 N–H and O–H groups in total. The van der Waals surface area contributed by atoms with E-state index in [9.17, 15) is 9.90 Å². The van der Waals surface area contributed by atoms with Crippen molar-refractivity contribution in [2.75, 3.05) is 27.4 Å². The molecule has 0 aliphatic heterocycles. The zero-order valence-electron chi connectivity index (χ0n) is 17.8. The van der Waals surface area contributed by atoms with Crippen molar-refractivity contribution in [3.63, 3.8) is 0 Å². The Hall–Kier alpha value is -3.65. The summed E-state index contributed by atoms with van der Waals surface area (Å²) in [6.45, 7) is 0.533. The molecule has 0 spiro atoms. The lowest BCUT2D eigenvalue weighted by Gasteiger charge is -2.15. The number of nitrogens with zero attached hydrogens (tertiary/aromatic N) is 1. The van der Waals surface area contributed by atoms with Gasteiger partial charge in [0.15, 0.2) is 11.5 Å². The molecule has 0 heterocycles. The highest BCUT2D eigenvalue weighted by Crippen LogP contribution is 2.37. The van der Waals surface area contributed by atoms with Crippen LogP contribution in [0.2, 0.25) is 0 Å². The minimum atomic E-state index is -0.574. The highest BCUT2D eigenvalue weighted by atomic mass is 16.5. The molecule has 2 aromatic carbocycles.